The second-order valence-corrected chi connectivity index (χ2v) is 11.1. The fourth-order valence-electron chi connectivity index (χ4n) is 4.42. The fraction of sp³-hybridized carbons (Fsp3) is 0.500. The molecule has 6 heteroatoms. The molecule has 2 aromatic rings. The minimum Gasteiger partial charge on any atom is -0.483 e. The van der Waals surface area contributed by atoms with Crippen LogP contribution in [0, 0.1) is 0 Å². The predicted molar refractivity (Wildman–Crippen MR) is 140 cm³/mol. The summed E-state index contributed by atoms with van der Waals surface area (Å²) in [6, 6.07) is 15.2. The maximum Gasteiger partial charge on any atom is 0.261 e. The van der Waals surface area contributed by atoms with Crippen molar-refractivity contribution in [3.63, 3.8) is 0 Å². The van der Waals surface area contributed by atoms with Gasteiger partial charge in [-0.1, -0.05) is 86.3 Å². The zero-order valence-corrected chi connectivity index (χ0v) is 22.4. The molecule has 2 amide bonds. The Hall–Kier alpha value is -2.34. The van der Waals surface area contributed by atoms with Crippen LogP contribution in [0.25, 0.3) is 0 Å². The van der Waals surface area contributed by atoms with Gasteiger partial charge in [-0.25, -0.2) is 0 Å². The standard InChI is InChI=1S/C28H37BrN2O3/c1-20(27(33)30-23-13-6-5-7-14-23)31(18-21-11-10-12-22(29)17-21)26(32)19-34-25-16-9-8-15-24(25)28(2,3)4/h8-12,15-17,20,23H,5-7,13-14,18-19H2,1-4H3,(H,30,33)/t20-/m1/s1. The van der Waals surface area contributed by atoms with Gasteiger partial charge in [0.2, 0.25) is 5.91 Å². The summed E-state index contributed by atoms with van der Waals surface area (Å²) in [5, 5.41) is 3.17. The number of benzene rings is 2. The number of hydrogen-bond donors (Lipinski definition) is 1. The molecule has 184 valence electrons. The lowest BCUT2D eigenvalue weighted by Gasteiger charge is -2.31. The molecule has 3 rings (SSSR count). The van der Waals surface area contributed by atoms with E-state index >= 15 is 0 Å². The van der Waals surface area contributed by atoms with Crippen LogP contribution < -0.4 is 10.1 Å². The summed E-state index contributed by atoms with van der Waals surface area (Å²) < 4.78 is 6.95. The summed E-state index contributed by atoms with van der Waals surface area (Å²) in [5.41, 5.74) is 1.89. The van der Waals surface area contributed by atoms with E-state index in [1.54, 1.807) is 11.8 Å². The molecule has 1 atom stereocenters. The van der Waals surface area contributed by atoms with Crippen molar-refractivity contribution >= 4 is 27.7 Å². The molecule has 1 aliphatic rings. The number of para-hydroxylation sites is 1. The Morgan fingerprint density at radius 2 is 1.79 bits per heavy atom. The molecule has 1 saturated carbocycles. The van der Waals surface area contributed by atoms with E-state index in [1.807, 2.05) is 48.5 Å². The lowest BCUT2D eigenvalue weighted by atomic mass is 9.86. The van der Waals surface area contributed by atoms with Crippen molar-refractivity contribution in [3.05, 3.63) is 64.1 Å². The van der Waals surface area contributed by atoms with E-state index in [1.165, 1.54) is 6.42 Å². The smallest absolute Gasteiger partial charge is 0.261 e. The number of ether oxygens (including phenoxy) is 1. The molecule has 34 heavy (non-hydrogen) atoms. The Labute approximate surface area is 212 Å². The Morgan fingerprint density at radius 1 is 1.09 bits per heavy atom. The minimum atomic E-state index is -0.602. The van der Waals surface area contributed by atoms with Gasteiger partial charge in [0.25, 0.3) is 5.91 Å². The Balaban J connectivity index is 1.76. The number of amides is 2. The van der Waals surface area contributed by atoms with E-state index < -0.39 is 6.04 Å². The molecular formula is C28H37BrN2O3. The van der Waals surface area contributed by atoms with Crippen LogP contribution >= 0.6 is 15.9 Å². The van der Waals surface area contributed by atoms with Crippen molar-refractivity contribution in [2.24, 2.45) is 0 Å². The summed E-state index contributed by atoms with van der Waals surface area (Å²) >= 11 is 3.50. The fourth-order valence-corrected chi connectivity index (χ4v) is 4.86. The molecule has 5 nitrogen and oxygen atoms in total. The van der Waals surface area contributed by atoms with Gasteiger partial charge in [0, 0.05) is 17.1 Å². The topological polar surface area (TPSA) is 58.6 Å². The maximum atomic E-state index is 13.4. The first kappa shape index (κ1) is 26.3. The molecule has 0 bridgehead atoms. The third kappa shape index (κ3) is 7.33. The van der Waals surface area contributed by atoms with Gasteiger partial charge in [0.05, 0.1) is 0 Å². The highest BCUT2D eigenvalue weighted by Gasteiger charge is 2.29. The van der Waals surface area contributed by atoms with Crippen molar-refractivity contribution in [3.8, 4) is 5.75 Å². The zero-order chi connectivity index (χ0) is 24.7. The molecule has 0 saturated heterocycles. The second-order valence-electron chi connectivity index (χ2n) is 10.2. The average Bonchev–Trinajstić information content (AvgIpc) is 2.81. The first-order chi connectivity index (χ1) is 16.1. The third-order valence-corrected chi connectivity index (χ3v) is 6.90. The third-order valence-electron chi connectivity index (χ3n) is 6.41. The zero-order valence-electron chi connectivity index (χ0n) is 20.8. The molecule has 0 unspecified atom stereocenters. The van der Waals surface area contributed by atoms with Crippen molar-refractivity contribution in [2.75, 3.05) is 6.61 Å². The number of nitrogens with one attached hydrogen (secondary N) is 1. The molecule has 0 heterocycles. The quantitative estimate of drug-likeness (QED) is 0.457. The molecule has 0 aliphatic heterocycles. The second kappa shape index (κ2) is 11.9. The largest absolute Gasteiger partial charge is 0.483 e. The van der Waals surface area contributed by atoms with Crippen molar-refractivity contribution in [2.45, 2.75) is 83.8 Å². The van der Waals surface area contributed by atoms with Crippen molar-refractivity contribution in [1.82, 2.24) is 10.2 Å². The number of carbonyl (C=O) groups excluding carboxylic acids is 2. The lowest BCUT2D eigenvalue weighted by Crippen LogP contribution is -2.51. The number of nitrogens with zero attached hydrogens (tertiary/aromatic N) is 1. The minimum absolute atomic E-state index is 0.106. The molecule has 2 aromatic carbocycles. The highest BCUT2D eigenvalue weighted by Crippen LogP contribution is 2.31. The highest BCUT2D eigenvalue weighted by molar-refractivity contribution is 9.10. The van der Waals surface area contributed by atoms with Crippen LogP contribution in [-0.2, 0) is 21.5 Å². The van der Waals surface area contributed by atoms with Crippen molar-refractivity contribution in [1.29, 1.82) is 0 Å². The van der Waals surface area contributed by atoms with E-state index in [9.17, 15) is 9.59 Å². The molecule has 0 aromatic heterocycles. The monoisotopic (exact) mass is 528 g/mol. The summed E-state index contributed by atoms with van der Waals surface area (Å²) in [6.45, 7) is 8.37. The first-order valence-electron chi connectivity index (χ1n) is 12.2. The summed E-state index contributed by atoms with van der Waals surface area (Å²) in [4.78, 5) is 28.2. The van der Waals surface area contributed by atoms with Gasteiger partial charge in [0.1, 0.15) is 11.8 Å². The summed E-state index contributed by atoms with van der Waals surface area (Å²) in [6.07, 6.45) is 5.51. The number of carbonyl (C=O) groups is 2. The van der Waals surface area contributed by atoms with Gasteiger partial charge in [-0.2, -0.15) is 0 Å². The van der Waals surface area contributed by atoms with Gasteiger partial charge < -0.3 is 15.0 Å². The Morgan fingerprint density at radius 3 is 2.47 bits per heavy atom. The highest BCUT2D eigenvalue weighted by atomic mass is 79.9. The summed E-state index contributed by atoms with van der Waals surface area (Å²) in [5.74, 6) is 0.380. The van der Waals surface area contributed by atoms with Crippen LogP contribution in [0.3, 0.4) is 0 Å². The lowest BCUT2D eigenvalue weighted by molar-refractivity contribution is -0.142. The Bertz CT molecular complexity index is 980. The van der Waals surface area contributed by atoms with E-state index in [-0.39, 0.29) is 29.9 Å². The molecule has 1 aliphatic carbocycles. The van der Waals surface area contributed by atoms with Crippen LogP contribution in [-0.4, -0.2) is 35.4 Å². The van der Waals surface area contributed by atoms with Crippen LogP contribution in [0.5, 0.6) is 5.75 Å². The van der Waals surface area contributed by atoms with Gasteiger partial charge in [-0.3, -0.25) is 9.59 Å². The van der Waals surface area contributed by atoms with Crippen LogP contribution in [0.2, 0.25) is 0 Å². The van der Waals surface area contributed by atoms with Gasteiger partial charge in [-0.15, -0.1) is 0 Å². The van der Waals surface area contributed by atoms with E-state index in [0.29, 0.717) is 12.3 Å². The van der Waals surface area contributed by atoms with E-state index in [4.69, 9.17) is 4.74 Å². The van der Waals surface area contributed by atoms with E-state index in [2.05, 4.69) is 42.0 Å². The van der Waals surface area contributed by atoms with Gasteiger partial charge in [0.15, 0.2) is 6.61 Å². The van der Waals surface area contributed by atoms with Gasteiger partial charge >= 0.3 is 0 Å². The van der Waals surface area contributed by atoms with Crippen LogP contribution in [0.15, 0.2) is 53.0 Å². The number of halogens is 1. The average molecular weight is 530 g/mol. The Kier molecular flexibility index (Phi) is 9.17. The molecule has 0 radical (unpaired) electrons. The molecule has 1 fully saturated rings. The van der Waals surface area contributed by atoms with E-state index in [0.717, 1.165) is 41.3 Å². The number of hydrogen-bond acceptors (Lipinski definition) is 3. The summed E-state index contributed by atoms with van der Waals surface area (Å²) in [7, 11) is 0. The van der Waals surface area contributed by atoms with Crippen LogP contribution in [0.4, 0.5) is 0 Å². The van der Waals surface area contributed by atoms with Crippen molar-refractivity contribution < 1.29 is 14.3 Å². The maximum absolute atomic E-state index is 13.4. The normalized spacial score (nSPS) is 15.4. The van der Waals surface area contributed by atoms with Gasteiger partial charge in [-0.05, 0) is 54.5 Å². The van der Waals surface area contributed by atoms with Crippen LogP contribution in [0.1, 0.15) is 70.9 Å². The molecule has 0 spiro atoms. The predicted octanol–water partition coefficient (Wildman–Crippen LogP) is 5.99. The molecule has 1 N–H and O–H groups in total. The first-order valence-corrected chi connectivity index (χ1v) is 13.0. The molecular weight excluding hydrogens is 492 g/mol. The SMILES string of the molecule is C[C@H](C(=O)NC1CCCCC1)N(Cc1cccc(Br)c1)C(=O)COc1ccccc1C(C)(C)C. The number of rotatable bonds is 8.